The molecule has 0 bridgehead atoms. The summed E-state index contributed by atoms with van der Waals surface area (Å²) < 4.78 is 7.55. The van der Waals surface area contributed by atoms with Crippen LogP contribution in [0, 0.1) is 13.8 Å². The van der Waals surface area contributed by atoms with Gasteiger partial charge in [0.25, 0.3) is 5.56 Å². The van der Waals surface area contributed by atoms with Gasteiger partial charge in [0.15, 0.2) is 5.16 Å². The molecule has 3 aromatic rings. The van der Waals surface area contributed by atoms with Gasteiger partial charge >= 0.3 is 0 Å². The smallest absolute Gasteiger partial charge is 0.263 e. The van der Waals surface area contributed by atoms with E-state index in [1.165, 1.54) is 17.3 Å². The Morgan fingerprint density at radius 2 is 2.06 bits per heavy atom. The van der Waals surface area contributed by atoms with Crippen molar-refractivity contribution >= 4 is 39.2 Å². The fraction of sp³-hybridized carbons (Fsp3) is 0.480. The lowest BCUT2D eigenvalue weighted by Crippen LogP contribution is -2.30. The summed E-state index contributed by atoms with van der Waals surface area (Å²) in [6, 6.07) is 8.20. The molecule has 1 saturated heterocycles. The molecule has 2 aromatic heterocycles. The Morgan fingerprint density at radius 1 is 1.30 bits per heavy atom. The molecule has 1 aromatic carbocycles. The van der Waals surface area contributed by atoms with Crippen LogP contribution < -0.4 is 5.56 Å². The highest BCUT2D eigenvalue weighted by molar-refractivity contribution is 7.99. The van der Waals surface area contributed by atoms with Crippen molar-refractivity contribution in [1.82, 2.24) is 14.5 Å². The van der Waals surface area contributed by atoms with Gasteiger partial charge in [-0.1, -0.05) is 48.5 Å². The Kier molecular flexibility index (Phi) is 7.56. The Hall–Kier alpha value is -2.16. The zero-order valence-corrected chi connectivity index (χ0v) is 21.4. The third kappa shape index (κ3) is 5.34. The molecular formula is C25H31N3O3S2. The van der Waals surface area contributed by atoms with Crippen molar-refractivity contribution in [3.63, 3.8) is 0 Å². The molecule has 1 atom stereocenters. The van der Waals surface area contributed by atoms with E-state index in [1.54, 1.807) is 20.8 Å². The van der Waals surface area contributed by atoms with Gasteiger partial charge in [-0.15, -0.1) is 11.3 Å². The summed E-state index contributed by atoms with van der Waals surface area (Å²) in [4.78, 5) is 34.9. The van der Waals surface area contributed by atoms with Crippen LogP contribution in [-0.2, 0) is 29.0 Å². The first-order valence-corrected chi connectivity index (χ1v) is 13.2. The van der Waals surface area contributed by atoms with Crippen LogP contribution in [-0.4, -0.2) is 45.9 Å². The summed E-state index contributed by atoms with van der Waals surface area (Å²) in [6.07, 6.45) is 2.77. The average Bonchev–Trinajstić information content (AvgIpc) is 3.42. The van der Waals surface area contributed by atoms with Crippen molar-refractivity contribution in [2.45, 2.75) is 64.4 Å². The molecule has 176 valence electrons. The van der Waals surface area contributed by atoms with Gasteiger partial charge in [-0.2, -0.15) is 0 Å². The molecule has 1 unspecified atom stereocenters. The summed E-state index contributed by atoms with van der Waals surface area (Å²) in [6.45, 7) is 7.94. The summed E-state index contributed by atoms with van der Waals surface area (Å²) >= 11 is 2.91. The first kappa shape index (κ1) is 24.0. The maximum absolute atomic E-state index is 13.5. The van der Waals surface area contributed by atoms with Gasteiger partial charge in [-0.25, -0.2) is 4.98 Å². The van der Waals surface area contributed by atoms with Gasteiger partial charge in [0.1, 0.15) is 4.83 Å². The zero-order valence-electron chi connectivity index (χ0n) is 19.7. The van der Waals surface area contributed by atoms with Crippen molar-refractivity contribution in [3.8, 4) is 0 Å². The normalized spacial score (nSPS) is 15.9. The van der Waals surface area contributed by atoms with Crippen molar-refractivity contribution in [2.24, 2.45) is 0 Å². The first-order chi connectivity index (χ1) is 15.9. The number of thiophene rings is 1. The van der Waals surface area contributed by atoms with E-state index < -0.39 is 0 Å². The predicted molar refractivity (Wildman–Crippen MR) is 135 cm³/mol. The van der Waals surface area contributed by atoms with Crippen molar-refractivity contribution < 1.29 is 9.53 Å². The second-order valence-electron chi connectivity index (χ2n) is 8.64. The maximum Gasteiger partial charge on any atom is 0.263 e. The number of aryl methyl sites for hydroxylation is 3. The second-order valence-corrected chi connectivity index (χ2v) is 10.8. The Labute approximate surface area is 203 Å². The van der Waals surface area contributed by atoms with E-state index in [1.807, 2.05) is 33.0 Å². The quantitative estimate of drug-likeness (QED) is 0.346. The molecule has 1 aliphatic rings. The molecule has 3 heterocycles. The number of hydrogen-bond acceptors (Lipinski definition) is 6. The van der Waals surface area contributed by atoms with Crippen LogP contribution in [0.15, 0.2) is 34.2 Å². The van der Waals surface area contributed by atoms with Crippen molar-refractivity contribution in [1.29, 1.82) is 0 Å². The molecule has 4 rings (SSSR count). The van der Waals surface area contributed by atoms with Gasteiger partial charge in [0, 0.05) is 25.1 Å². The highest BCUT2D eigenvalue weighted by Crippen LogP contribution is 2.30. The Morgan fingerprint density at radius 3 is 2.73 bits per heavy atom. The lowest BCUT2D eigenvalue weighted by atomic mass is 10.1. The molecule has 1 aliphatic heterocycles. The third-order valence-electron chi connectivity index (χ3n) is 6.13. The lowest BCUT2D eigenvalue weighted by molar-refractivity contribution is -0.127. The van der Waals surface area contributed by atoms with Crippen LogP contribution in [0.2, 0.25) is 0 Å². The van der Waals surface area contributed by atoms with Crippen LogP contribution in [0.1, 0.15) is 41.3 Å². The predicted octanol–water partition coefficient (Wildman–Crippen LogP) is 4.57. The number of hydrogen-bond donors (Lipinski definition) is 0. The van der Waals surface area contributed by atoms with E-state index in [2.05, 4.69) is 19.1 Å². The molecule has 0 radical (unpaired) electrons. The Balaban J connectivity index is 1.57. The van der Waals surface area contributed by atoms with Gasteiger partial charge < -0.3 is 9.64 Å². The van der Waals surface area contributed by atoms with Gasteiger partial charge in [0.05, 0.1) is 23.8 Å². The summed E-state index contributed by atoms with van der Waals surface area (Å²) in [5.41, 5.74) is 3.36. The highest BCUT2D eigenvalue weighted by atomic mass is 32.2. The molecule has 8 heteroatoms. The minimum atomic E-state index is -0.0142. The largest absolute Gasteiger partial charge is 0.376 e. The fourth-order valence-corrected chi connectivity index (χ4v) is 6.32. The van der Waals surface area contributed by atoms with E-state index in [0.29, 0.717) is 18.2 Å². The number of rotatable bonds is 8. The molecule has 1 fully saturated rings. The van der Waals surface area contributed by atoms with Crippen molar-refractivity contribution in [2.75, 3.05) is 19.4 Å². The first-order valence-electron chi connectivity index (χ1n) is 11.4. The summed E-state index contributed by atoms with van der Waals surface area (Å²) in [5, 5.41) is 1.33. The minimum absolute atomic E-state index is 0.00944. The van der Waals surface area contributed by atoms with Crippen molar-refractivity contribution in [3.05, 3.63) is 56.2 Å². The molecule has 0 N–H and O–H groups in total. The molecular weight excluding hydrogens is 454 g/mol. The number of ether oxygens (including phenoxy) is 1. The second kappa shape index (κ2) is 10.4. The molecule has 1 amide bonds. The number of carbonyl (C=O) groups excluding carboxylic acids is 1. The van der Waals surface area contributed by atoms with Crippen LogP contribution in [0.5, 0.6) is 0 Å². The van der Waals surface area contributed by atoms with Crippen LogP contribution in [0.3, 0.4) is 0 Å². The Bertz CT molecular complexity index is 1190. The number of fused-ring (bicyclic) bond motifs is 1. The minimum Gasteiger partial charge on any atom is -0.376 e. The standard InChI is InChI=1S/C25H31N3O3S2/c1-5-20-17(3)33-23-22(20)24(30)28(14-19-7-6-12-31-19)25(26-23)32-15-21(29)27(4)13-18-10-8-16(2)9-11-18/h8-11,19H,5-7,12-15H2,1-4H3. The van der Waals surface area contributed by atoms with E-state index in [9.17, 15) is 9.59 Å². The maximum atomic E-state index is 13.5. The monoisotopic (exact) mass is 485 g/mol. The fourth-order valence-electron chi connectivity index (χ4n) is 4.21. The zero-order chi connectivity index (χ0) is 23.5. The number of nitrogens with zero attached hydrogens (tertiary/aromatic N) is 3. The molecule has 0 aliphatic carbocycles. The number of carbonyl (C=O) groups is 1. The van der Waals surface area contributed by atoms with Crippen LogP contribution in [0.25, 0.3) is 10.2 Å². The molecule has 0 saturated carbocycles. The van der Waals surface area contributed by atoms with E-state index in [-0.39, 0.29) is 23.3 Å². The molecule has 6 nitrogen and oxygen atoms in total. The molecule has 33 heavy (non-hydrogen) atoms. The number of thioether (sulfide) groups is 1. The summed E-state index contributed by atoms with van der Waals surface area (Å²) in [5.74, 6) is 0.242. The van der Waals surface area contributed by atoms with Crippen LogP contribution in [0.4, 0.5) is 0 Å². The van der Waals surface area contributed by atoms with Gasteiger partial charge in [0.2, 0.25) is 5.91 Å². The van der Waals surface area contributed by atoms with E-state index in [4.69, 9.17) is 9.72 Å². The van der Waals surface area contributed by atoms with Gasteiger partial charge in [-0.05, 0) is 44.2 Å². The highest BCUT2D eigenvalue weighted by Gasteiger charge is 2.23. The average molecular weight is 486 g/mol. The third-order valence-corrected chi connectivity index (χ3v) is 8.13. The van der Waals surface area contributed by atoms with Gasteiger partial charge in [-0.3, -0.25) is 14.2 Å². The summed E-state index contributed by atoms with van der Waals surface area (Å²) in [7, 11) is 1.81. The number of aromatic nitrogens is 2. The van der Waals surface area contributed by atoms with E-state index >= 15 is 0 Å². The number of amides is 1. The topological polar surface area (TPSA) is 64.4 Å². The van der Waals surface area contributed by atoms with E-state index in [0.717, 1.165) is 52.1 Å². The number of benzene rings is 1. The molecule has 0 spiro atoms. The SMILES string of the molecule is CCc1c(C)sc2nc(SCC(=O)N(C)Cc3ccc(C)cc3)n(CC3CCCO3)c(=O)c12. The lowest BCUT2D eigenvalue weighted by Gasteiger charge is -2.19. The van der Waals surface area contributed by atoms with Crippen LogP contribution >= 0.6 is 23.1 Å².